The Kier molecular flexibility index (Phi) is 8.99. The summed E-state index contributed by atoms with van der Waals surface area (Å²) in [6.45, 7) is 9.75. The first kappa shape index (κ1) is 16.6. The van der Waals surface area contributed by atoms with Crippen LogP contribution in [0.4, 0.5) is 0 Å². The third-order valence-corrected chi connectivity index (χ3v) is 3.11. The van der Waals surface area contributed by atoms with Crippen LogP contribution in [0.1, 0.15) is 19.4 Å². The van der Waals surface area contributed by atoms with E-state index < -0.39 is 0 Å². The van der Waals surface area contributed by atoms with Gasteiger partial charge >= 0.3 is 0 Å². The summed E-state index contributed by atoms with van der Waals surface area (Å²) < 4.78 is 11.9. The van der Waals surface area contributed by atoms with Crippen molar-refractivity contribution in [1.29, 1.82) is 0 Å². The van der Waals surface area contributed by atoms with E-state index in [0.717, 1.165) is 50.5 Å². The molecule has 0 aromatic carbocycles. The van der Waals surface area contributed by atoms with E-state index in [1.165, 1.54) is 5.56 Å². The van der Waals surface area contributed by atoms with Crippen LogP contribution in [0.15, 0.2) is 22.9 Å². The zero-order valence-corrected chi connectivity index (χ0v) is 13.4. The molecule has 1 rings (SSSR count). The summed E-state index contributed by atoms with van der Waals surface area (Å²) in [6.07, 6.45) is 3.70. The molecule has 0 atom stereocenters. The highest BCUT2D eigenvalue weighted by Gasteiger charge is 2.06. The summed E-state index contributed by atoms with van der Waals surface area (Å²) in [6, 6.07) is 2.10. The second-order valence-electron chi connectivity index (χ2n) is 4.18. The van der Waals surface area contributed by atoms with Crippen LogP contribution in [0.2, 0.25) is 0 Å². The molecule has 0 radical (unpaired) electrons. The molecule has 108 valence electrons. The Labute approximate surface area is 124 Å². The average molecular weight is 331 g/mol. The van der Waals surface area contributed by atoms with E-state index in [1.807, 2.05) is 20.0 Å². The van der Waals surface area contributed by atoms with E-state index in [0.29, 0.717) is 0 Å². The standard InChI is InChI=1S/C14H23BrN2O2/c1-3-18-7-5-17(6-8-19-4-2)12-13-9-14(15)11-16-10-13/h9-11H,3-8,12H2,1-2H3. The van der Waals surface area contributed by atoms with Gasteiger partial charge in [0.05, 0.1) is 13.2 Å². The molecule has 0 bridgehead atoms. The van der Waals surface area contributed by atoms with Crippen molar-refractivity contribution in [1.82, 2.24) is 9.88 Å². The van der Waals surface area contributed by atoms with Crippen molar-refractivity contribution in [2.24, 2.45) is 0 Å². The molecular formula is C14H23BrN2O2. The van der Waals surface area contributed by atoms with Crippen molar-refractivity contribution in [3.05, 3.63) is 28.5 Å². The van der Waals surface area contributed by atoms with E-state index >= 15 is 0 Å². The lowest BCUT2D eigenvalue weighted by Crippen LogP contribution is -2.30. The normalized spacial score (nSPS) is 11.2. The number of halogens is 1. The van der Waals surface area contributed by atoms with Crippen molar-refractivity contribution < 1.29 is 9.47 Å². The molecule has 1 aromatic heterocycles. The van der Waals surface area contributed by atoms with Crippen LogP contribution < -0.4 is 0 Å². The number of ether oxygens (including phenoxy) is 2. The molecule has 0 spiro atoms. The number of rotatable bonds is 10. The lowest BCUT2D eigenvalue weighted by Gasteiger charge is -2.22. The largest absolute Gasteiger partial charge is 0.380 e. The second kappa shape index (κ2) is 10.3. The summed E-state index contributed by atoms with van der Waals surface area (Å²) in [7, 11) is 0. The molecule has 0 amide bonds. The Hall–Kier alpha value is -0.490. The van der Waals surface area contributed by atoms with Gasteiger partial charge in [0.2, 0.25) is 0 Å². The number of pyridine rings is 1. The van der Waals surface area contributed by atoms with E-state index in [4.69, 9.17) is 9.47 Å². The average Bonchev–Trinajstić information content (AvgIpc) is 2.39. The van der Waals surface area contributed by atoms with Crippen LogP contribution in [0.3, 0.4) is 0 Å². The van der Waals surface area contributed by atoms with E-state index in [9.17, 15) is 0 Å². The zero-order chi connectivity index (χ0) is 13.9. The van der Waals surface area contributed by atoms with Crippen molar-refractivity contribution in [3.8, 4) is 0 Å². The van der Waals surface area contributed by atoms with E-state index in [1.54, 1.807) is 6.20 Å². The highest BCUT2D eigenvalue weighted by Crippen LogP contribution is 2.11. The summed E-state index contributed by atoms with van der Waals surface area (Å²) >= 11 is 3.45. The van der Waals surface area contributed by atoms with Gasteiger partial charge in [-0.25, -0.2) is 0 Å². The first-order chi connectivity index (χ1) is 9.26. The topological polar surface area (TPSA) is 34.6 Å². The molecule has 0 fully saturated rings. The summed E-state index contributed by atoms with van der Waals surface area (Å²) in [4.78, 5) is 6.52. The number of aromatic nitrogens is 1. The smallest absolute Gasteiger partial charge is 0.0593 e. The predicted molar refractivity (Wildman–Crippen MR) is 80.2 cm³/mol. The minimum Gasteiger partial charge on any atom is -0.380 e. The van der Waals surface area contributed by atoms with Crippen LogP contribution in [0.25, 0.3) is 0 Å². The van der Waals surface area contributed by atoms with Gasteiger partial charge in [-0.1, -0.05) is 0 Å². The van der Waals surface area contributed by atoms with Crippen LogP contribution in [0.5, 0.6) is 0 Å². The Bertz CT molecular complexity index is 340. The van der Waals surface area contributed by atoms with Crippen molar-refractivity contribution in [2.45, 2.75) is 20.4 Å². The van der Waals surface area contributed by atoms with Gasteiger partial charge in [-0.2, -0.15) is 0 Å². The molecule has 0 saturated heterocycles. The fourth-order valence-corrected chi connectivity index (χ4v) is 2.16. The summed E-state index contributed by atoms with van der Waals surface area (Å²) in [5.74, 6) is 0. The minimum atomic E-state index is 0.754. The van der Waals surface area contributed by atoms with Gasteiger partial charge < -0.3 is 9.47 Å². The molecule has 4 nitrogen and oxygen atoms in total. The summed E-state index contributed by atoms with van der Waals surface area (Å²) in [5, 5.41) is 0. The molecule has 1 aromatic rings. The second-order valence-corrected chi connectivity index (χ2v) is 5.10. The van der Waals surface area contributed by atoms with Crippen LogP contribution in [0, 0.1) is 0 Å². The molecule has 0 aliphatic rings. The van der Waals surface area contributed by atoms with Crippen molar-refractivity contribution in [2.75, 3.05) is 39.5 Å². The van der Waals surface area contributed by atoms with Gasteiger partial charge in [0.25, 0.3) is 0 Å². The molecule has 5 heteroatoms. The van der Waals surface area contributed by atoms with E-state index in [-0.39, 0.29) is 0 Å². The highest BCUT2D eigenvalue weighted by atomic mass is 79.9. The maximum absolute atomic E-state index is 5.42. The number of hydrogen-bond acceptors (Lipinski definition) is 4. The van der Waals surface area contributed by atoms with Crippen LogP contribution in [-0.4, -0.2) is 49.4 Å². The van der Waals surface area contributed by atoms with Gasteiger partial charge in [-0.05, 0) is 41.4 Å². The third-order valence-electron chi connectivity index (χ3n) is 2.68. The Balaban J connectivity index is 2.46. The first-order valence-corrected chi connectivity index (χ1v) is 7.52. The van der Waals surface area contributed by atoms with Gasteiger partial charge in [-0.15, -0.1) is 0 Å². The molecule has 1 heterocycles. The van der Waals surface area contributed by atoms with Gasteiger partial charge in [0.1, 0.15) is 0 Å². The number of hydrogen-bond donors (Lipinski definition) is 0. The van der Waals surface area contributed by atoms with Gasteiger partial charge in [0, 0.05) is 49.7 Å². The maximum atomic E-state index is 5.42. The molecule has 0 N–H and O–H groups in total. The summed E-state index contributed by atoms with van der Waals surface area (Å²) in [5.41, 5.74) is 1.20. The molecular weight excluding hydrogens is 308 g/mol. The first-order valence-electron chi connectivity index (χ1n) is 6.73. The molecule has 0 aliphatic heterocycles. The van der Waals surface area contributed by atoms with Gasteiger partial charge in [-0.3, -0.25) is 9.88 Å². The lowest BCUT2D eigenvalue weighted by molar-refractivity contribution is 0.0797. The van der Waals surface area contributed by atoms with Crippen LogP contribution >= 0.6 is 15.9 Å². The number of nitrogens with zero attached hydrogens (tertiary/aromatic N) is 2. The van der Waals surface area contributed by atoms with Crippen LogP contribution in [-0.2, 0) is 16.0 Å². The molecule has 0 aliphatic carbocycles. The fraction of sp³-hybridized carbons (Fsp3) is 0.643. The highest BCUT2D eigenvalue weighted by molar-refractivity contribution is 9.10. The minimum absolute atomic E-state index is 0.754. The molecule has 0 saturated carbocycles. The molecule has 19 heavy (non-hydrogen) atoms. The molecule has 0 unspecified atom stereocenters. The van der Waals surface area contributed by atoms with E-state index in [2.05, 4.69) is 31.9 Å². The zero-order valence-electron chi connectivity index (χ0n) is 11.8. The van der Waals surface area contributed by atoms with Gasteiger partial charge in [0.15, 0.2) is 0 Å². The van der Waals surface area contributed by atoms with Crippen molar-refractivity contribution in [3.63, 3.8) is 0 Å². The fourth-order valence-electron chi connectivity index (χ4n) is 1.75. The van der Waals surface area contributed by atoms with Crippen molar-refractivity contribution >= 4 is 15.9 Å². The quantitative estimate of drug-likeness (QED) is 0.618. The maximum Gasteiger partial charge on any atom is 0.0593 e. The lowest BCUT2D eigenvalue weighted by atomic mass is 10.2. The monoisotopic (exact) mass is 330 g/mol. The Morgan fingerprint density at radius 2 is 1.74 bits per heavy atom. The predicted octanol–water partition coefficient (Wildman–Crippen LogP) is 2.72. The Morgan fingerprint density at radius 3 is 2.26 bits per heavy atom. The Morgan fingerprint density at radius 1 is 1.11 bits per heavy atom. The SMILES string of the molecule is CCOCCN(CCOCC)Cc1cncc(Br)c1. The third kappa shape index (κ3) is 7.62.